The first-order chi connectivity index (χ1) is 6.75. The van der Waals surface area contributed by atoms with E-state index in [4.69, 9.17) is 11.6 Å². The van der Waals surface area contributed by atoms with Gasteiger partial charge in [0.05, 0.1) is 0 Å². The number of nitrogens with zero attached hydrogens (tertiary/aromatic N) is 3. The molecule has 0 radical (unpaired) electrons. The fraction of sp³-hybridized carbons (Fsp3) is 0.222. The van der Waals surface area contributed by atoms with Crippen molar-refractivity contribution >= 4 is 38.6 Å². The standard InChI is InChI=1S/C7H3BrClN3.C2H6/c8-5-1-4-2-11-7(9)12-6(4)10-3-5;1-2/h1-3H;1-2H3. The Balaban J connectivity index is 0.000000461. The molecule has 0 aliphatic carbocycles. The predicted molar refractivity (Wildman–Crippen MR) is 61.4 cm³/mol. The van der Waals surface area contributed by atoms with Crippen molar-refractivity contribution in [3.63, 3.8) is 0 Å². The van der Waals surface area contributed by atoms with E-state index >= 15 is 0 Å². The van der Waals surface area contributed by atoms with Gasteiger partial charge in [0.1, 0.15) is 0 Å². The van der Waals surface area contributed by atoms with E-state index < -0.39 is 0 Å². The summed E-state index contributed by atoms with van der Waals surface area (Å²) in [7, 11) is 0. The minimum Gasteiger partial charge on any atom is -0.235 e. The number of hydrogen-bond donors (Lipinski definition) is 0. The Morgan fingerprint density at radius 3 is 2.64 bits per heavy atom. The van der Waals surface area contributed by atoms with Crippen LogP contribution in [0.15, 0.2) is 22.9 Å². The van der Waals surface area contributed by atoms with Crippen molar-refractivity contribution in [2.24, 2.45) is 0 Å². The van der Waals surface area contributed by atoms with Gasteiger partial charge in [-0.2, -0.15) is 4.98 Å². The first-order valence-corrected chi connectivity index (χ1v) is 5.36. The molecule has 5 heteroatoms. The summed E-state index contributed by atoms with van der Waals surface area (Å²) in [6.07, 6.45) is 3.31. The van der Waals surface area contributed by atoms with Crippen LogP contribution in [0.3, 0.4) is 0 Å². The molecule has 0 aliphatic heterocycles. The Hall–Kier alpha value is -0.740. The van der Waals surface area contributed by atoms with Gasteiger partial charge in [-0.1, -0.05) is 13.8 Å². The third-order valence-electron chi connectivity index (χ3n) is 1.37. The van der Waals surface area contributed by atoms with Gasteiger partial charge in [0.2, 0.25) is 5.28 Å². The SMILES string of the molecule is CC.Clc1ncc2cc(Br)cnc2n1. The molecule has 2 aromatic rings. The summed E-state index contributed by atoms with van der Waals surface area (Å²) in [5.74, 6) is 0. The fourth-order valence-corrected chi connectivity index (χ4v) is 1.35. The number of hydrogen-bond acceptors (Lipinski definition) is 3. The molecule has 0 N–H and O–H groups in total. The van der Waals surface area contributed by atoms with Crippen molar-refractivity contribution < 1.29 is 0 Å². The van der Waals surface area contributed by atoms with Gasteiger partial charge in [-0.05, 0) is 33.6 Å². The Labute approximate surface area is 95.7 Å². The summed E-state index contributed by atoms with van der Waals surface area (Å²) >= 11 is 8.88. The van der Waals surface area contributed by atoms with Crippen LogP contribution in [0.25, 0.3) is 11.0 Å². The van der Waals surface area contributed by atoms with Crippen LogP contribution in [0.5, 0.6) is 0 Å². The van der Waals surface area contributed by atoms with Crippen molar-refractivity contribution in [2.75, 3.05) is 0 Å². The normalized spacial score (nSPS) is 9.43. The lowest BCUT2D eigenvalue weighted by Gasteiger charge is -1.95. The molecule has 0 atom stereocenters. The van der Waals surface area contributed by atoms with E-state index in [9.17, 15) is 0 Å². The number of fused-ring (bicyclic) bond motifs is 1. The minimum absolute atomic E-state index is 0.220. The highest BCUT2D eigenvalue weighted by molar-refractivity contribution is 9.10. The molecule has 2 heterocycles. The van der Waals surface area contributed by atoms with Crippen LogP contribution in [0.4, 0.5) is 0 Å². The first kappa shape index (κ1) is 11.3. The van der Waals surface area contributed by atoms with Crippen LogP contribution in [-0.2, 0) is 0 Å². The van der Waals surface area contributed by atoms with Gasteiger partial charge in [0, 0.05) is 22.3 Å². The molecule has 0 aliphatic rings. The van der Waals surface area contributed by atoms with Gasteiger partial charge in [-0.15, -0.1) is 0 Å². The molecular formula is C9H9BrClN3. The highest BCUT2D eigenvalue weighted by Gasteiger charge is 1.98. The number of rotatable bonds is 0. The molecule has 74 valence electrons. The smallest absolute Gasteiger partial charge is 0.224 e. The maximum atomic E-state index is 5.58. The average molecular weight is 275 g/mol. The Morgan fingerprint density at radius 2 is 1.93 bits per heavy atom. The average Bonchev–Trinajstić information content (AvgIpc) is 2.21. The van der Waals surface area contributed by atoms with E-state index in [0.29, 0.717) is 5.65 Å². The Bertz CT molecular complexity index is 392. The summed E-state index contributed by atoms with van der Waals surface area (Å²) in [6, 6.07) is 1.89. The number of aromatic nitrogens is 3. The molecule has 14 heavy (non-hydrogen) atoms. The number of pyridine rings is 1. The molecule has 0 spiro atoms. The maximum absolute atomic E-state index is 5.58. The lowest BCUT2D eigenvalue weighted by molar-refractivity contribution is 1.18. The zero-order chi connectivity index (χ0) is 10.6. The third-order valence-corrected chi connectivity index (χ3v) is 1.99. The van der Waals surface area contributed by atoms with E-state index in [1.807, 2.05) is 19.9 Å². The van der Waals surface area contributed by atoms with Crippen LogP contribution in [0.2, 0.25) is 5.28 Å². The van der Waals surface area contributed by atoms with Gasteiger partial charge in [0.15, 0.2) is 5.65 Å². The molecule has 0 unspecified atom stereocenters. The largest absolute Gasteiger partial charge is 0.235 e. The van der Waals surface area contributed by atoms with E-state index in [1.165, 1.54) is 0 Å². The molecule has 0 saturated heterocycles. The second-order valence-corrected chi connectivity index (χ2v) is 3.46. The summed E-state index contributed by atoms with van der Waals surface area (Å²) in [6.45, 7) is 4.00. The second-order valence-electron chi connectivity index (χ2n) is 2.21. The summed E-state index contributed by atoms with van der Waals surface area (Å²) in [5.41, 5.74) is 0.609. The zero-order valence-electron chi connectivity index (χ0n) is 7.83. The van der Waals surface area contributed by atoms with Gasteiger partial charge in [-0.25, -0.2) is 9.97 Å². The molecule has 2 rings (SSSR count). The van der Waals surface area contributed by atoms with Crippen LogP contribution in [0.1, 0.15) is 13.8 Å². The van der Waals surface area contributed by atoms with Gasteiger partial charge < -0.3 is 0 Å². The third kappa shape index (κ3) is 2.62. The Morgan fingerprint density at radius 1 is 1.21 bits per heavy atom. The quantitative estimate of drug-likeness (QED) is 0.691. The van der Waals surface area contributed by atoms with Gasteiger partial charge >= 0.3 is 0 Å². The summed E-state index contributed by atoms with van der Waals surface area (Å²) in [4.78, 5) is 11.8. The molecule has 0 saturated carbocycles. The molecule has 2 aromatic heterocycles. The van der Waals surface area contributed by atoms with Crippen molar-refractivity contribution in [1.29, 1.82) is 0 Å². The number of halogens is 2. The van der Waals surface area contributed by atoms with Crippen LogP contribution >= 0.6 is 27.5 Å². The van der Waals surface area contributed by atoms with Crippen molar-refractivity contribution in [3.8, 4) is 0 Å². The highest BCUT2D eigenvalue weighted by atomic mass is 79.9. The molecular weight excluding hydrogens is 265 g/mol. The molecule has 0 amide bonds. The maximum Gasteiger partial charge on any atom is 0.224 e. The van der Waals surface area contributed by atoms with E-state index in [0.717, 1.165) is 9.86 Å². The van der Waals surface area contributed by atoms with E-state index in [1.54, 1.807) is 12.4 Å². The predicted octanol–water partition coefficient (Wildman–Crippen LogP) is 3.47. The van der Waals surface area contributed by atoms with Crippen molar-refractivity contribution in [3.05, 3.63) is 28.2 Å². The lowest BCUT2D eigenvalue weighted by atomic mass is 10.3. The van der Waals surface area contributed by atoms with Gasteiger partial charge in [0.25, 0.3) is 0 Å². The van der Waals surface area contributed by atoms with Crippen LogP contribution < -0.4 is 0 Å². The topological polar surface area (TPSA) is 38.7 Å². The minimum atomic E-state index is 0.220. The van der Waals surface area contributed by atoms with Crippen molar-refractivity contribution in [1.82, 2.24) is 15.0 Å². The monoisotopic (exact) mass is 273 g/mol. The van der Waals surface area contributed by atoms with Gasteiger partial charge in [-0.3, -0.25) is 0 Å². The van der Waals surface area contributed by atoms with E-state index in [-0.39, 0.29) is 5.28 Å². The first-order valence-electron chi connectivity index (χ1n) is 4.19. The fourth-order valence-electron chi connectivity index (χ4n) is 0.875. The molecule has 0 bridgehead atoms. The lowest BCUT2D eigenvalue weighted by Crippen LogP contribution is -1.86. The van der Waals surface area contributed by atoms with Crippen molar-refractivity contribution in [2.45, 2.75) is 13.8 Å². The van der Waals surface area contributed by atoms with Crippen LogP contribution in [-0.4, -0.2) is 15.0 Å². The molecule has 0 fully saturated rings. The Kier molecular flexibility index (Phi) is 4.22. The molecule has 0 aromatic carbocycles. The second kappa shape index (κ2) is 5.22. The highest BCUT2D eigenvalue weighted by Crippen LogP contribution is 2.15. The summed E-state index contributed by atoms with van der Waals surface area (Å²) < 4.78 is 0.904. The van der Waals surface area contributed by atoms with Crippen LogP contribution in [0, 0.1) is 0 Å². The zero-order valence-corrected chi connectivity index (χ0v) is 10.2. The molecule has 3 nitrogen and oxygen atoms in total. The summed E-state index contributed by atoms with van der Waals surface area (Å²) in [5, 5.41) is 1.09. The van der Waals surface area contributed by atoms with E-state index in [2.05, 4.69) is 30.9 Å².